The third-order valence-corrected chi connectivity index (χ3v) is 4.70. The third-order valence-electron chi connectivity index (χ3n) is 4.70. The third kappa shape index (κ3) is 3.83. The Bertz CT molecular complexity index is 1280. The second-order valence-corrected chi connectivity index (χ2v) is 6.68. The number of nitrogens with zero attached hydrogens (tertiary/aromatic N) is 4. The molecule has 4 rings (SSSR count). The molecule has 4 aromatic rings. The Morgan fingerprint density at radius 1 is 1.00 bits per heavy atom. The standard InChI is InChI=1S/C21H13F5N4O/c1-29(17-7-6-14(22)8-15(17)23)20(31)16-11-30-18(9-28-19(30)10-27-16)12-2-4-13(5-3-12)21(24,25)26/h2-11H,1H3. The van der Waals surface area contributed by atoms with Gasteiger partial charge in [0.25, 0.3) is 5.91 Å². The van der Waals surface area contributed by atoms with Gasteiger partial charge in [0, 0.05) is 24.9 Å². The summed E-state index contributed by atoms with van der Waals surface area (Å²) < 4.78 is 67.1. The predicted octanol–water partition coefficient (Wildman–Crippen LogP) is 4.97. The van der Waals surface area contributed by atoms with Gasteiger partial charge in [0.2, 0.25) is 0 Å². The van der Waals surface area contributed by atoms with Gasteiger partial charge in [-0.15, -0.1) is 0 Å². The minimum absolute atomic E-state index is 0.0649. The molecule has 0 saturated carbocycles. The number of hydrogen-bond donors (Lipinski definition) is 0. The number of alkyl halides is 3. The highest BCUT2D eigenvalue weighted by molar-refractivity contribution is 6.04. The molecule has 0 aliphatic carbocycles. The molecule has 0 N–H and O–H groups in total. The summed E-state index contributed by atoms with van der Waals surface area (Å²) in [6.07, 6.45) is -0.343. The van der Waals surface area contributed by atoms with Gasteiger partial charge in [-0.2, -0.15) is 13.2 Å². The van der Waals surface area contributed by atoms with Gasteiger partial charge in [0.15, 0.2) is 5.65 Å². The smallest absolute Gasteiger partial charge is 0.307 e. The van der Waals surface area contributed by atoms with Crippen LogP contribution in [0, 0.1) is 11.6 Å². The zero-order chi connectivity index (χ0) is 22.3. The molecule has 0 bridgehead atoms. The number of aromatic nitrogens is 3. The Kier molecular flexibility index (Phi) is 4.92. The van der Waals surface area contributed by atoms with E-state index in [9.17, 15) is 26.7 Å². The molecule has 0 spiro atoms. The van der Waals surface area contributed by atoms with Gasteiger partial charge in [0.1, 0.15) is 17.3 Å². The van der Waals surface area contributed by atoms with Crippen LogP contribution >= 0.6 is 0 Å². The molecule has 0 fully saturated rings. The highest BCUT2D eigenvalue weighted by atomic mass is 19.4. The first-order valence-corrected chi connectivity index (χ1v) is 8.89. The average molecular weight is 432 g/mol. The number of benzene rings is 2. The van der Waals surface area contributed by atoms with Crippen molar-refractivity contribution in [2.75, 3.05) is 11.9 Å². The van der Waals surface area contributed by atoms with Crippen LogP contribution in [-0.2, 0) is 6.18 Å². The van der Waals surface area contributed by atoms with Crippen molar-refractivity contribution in [1.29, 1.82) is 0 Å². The fourth-order valence-electron chi connectivity index (χ4n) is 3.08. The number of anilines is 1. The molecule has 2 heterocycles. The fourth-order valence-corrected chi connectivity index (χ4v) is 3.08. The molecular weight excluding hydrogens is 419 g/mol. The van der Waals surface area contributed by atoms with Crippen LogP contribution < -0.4 is 4.90 Å². The summed E-state index contributed by atoms with van der Waals surface area (Å²) in [4.78, 5) is 22.0. The van der Waals surface area contributed by atoms with Gasteiger partial charge in [-0.1, -0.05) is 12.1 Å². The predicted molar refractivity (Wildman–Crippen MR) is 103 cm³/mol. The van der Waals surface area contributed by atoms with Crippen LogP contribution in [0.15, 0.2) is 61.1 Å². The summed E-state index contributed by atoms with van der Waals surface area (Å²) in [6, 6.07) is 7.32. The second-order valence-electron chi connectivity index (χ2n) is 6.68. The van der Waals surface area contributed by atoms with Gasteiger partial charge >= 0.3 is 6.18 Å². The minimum Gasteiger partial charge on any atom is -0.307 e. The highest BCUT2D eigenvalue weighted by Crippen LogP contribution is 2.31. The molecule has 31 heavy (non-hydrogen) atoms. The molecule has 0 aliphatic heterocycles. The van der Waals surface area contributed by atoms with E-state index in [1.54, 1.807) is 0 Å². The Morgan fingerprint density at radius 2 is 1.71 bits per heavy atom. The van der Waals surface area contributed by atoms with Crippen molar-refractivity contribution >= 4 is 17.2 Å². The SMILES string of the molecule is CN(C(=O)c1cn2c(-c3ccc(C(F)(F)F)cc3)cnc2cn1)c1ccc(F)cc1F. The van der Waals surface area contributed by atoms with E-state index in [0.717, 1.165) is 29.2 Å². The number of imidazole rings is 1. The number of rotatable bonds is 3. The quantitative estimate of drug-likeness (QED) is 0.430. The number of halogens is 5. The first-order chi connectivity index (χ1) is 14.6. The molecule has 2 aromatic carbocycles. The van der Waals surface area contributed by atoms with Crippen molar-refractivity contribution in [3.05, 3.63) is 83.9 Å². The fraction of sp³-hybridized carbons (Fsp3) is 0.0952. The highest BCUT2D eigenvalue weighted by Gasteiger charge is 2.30. The lowest BCUT2D eigenvalue weighted by Crippen LogP contribution is -2.28. The van der Waals surface area contributed by atoms with E-state index in [4.69, 9.17) is 0 Å². The Hall–Kier alpha value is -3.82. The normalized spacial score (nSPS) is 11.7. The maximum atomic E-state index is 14.0. The number of fused-ring (bicyclic) bond motifs is 1. The van der Waals surface area contributed by atoms with Crippen LogP contribution in [0.4, 0.5) is 27.6 Å². The lowest BCUT2D eigenvalue weighted by molar-refractivity contribution is -0.137. The lowest BCUT2D eigenvalue weighted by Gasteiger charge is -2.17. The van der Waals surface area contributed by atoms with Crippen molar-refractivity contribution in [3.63, 3.8) is 0 Å². The molecular formula is C21H13F5N4O. The van der Waals surface area contributed by atoms with E-state index < -0.39 is 29.3 Å². The first-order valence-electron chi connectivity index (χ1n) is 8.89. The van der Waals surface area contributed by atoms with Crippen molar-refractivity contribution in [2.45, 2.75) is 6.18 Å². The van der Waals surface area contributed by atoms with Crippen LogP contribution in [0.2, 0.25) is 0 Å². The van der Waals surface area contributed by atoms with Crippen LogP contribution in [0.25, 0.3) is 16.9 Å². The summed E-state index contributed by atoms with van der Waals surface area (Å²) in [5.41, 5.74) is 0.262. The van der Waals surface area contributed by atoms with Crippen molar-refractivity contribution < 1.29 is 26.7 Å². The molecule has 0 aliphatic rings. The van der Waals surface area contributed by atoms with Gasteiger partial charge in [0.05, 0.1) is 29.3 Å². The molecule has 1 amide bonds. The monoisotopic (exact) mass is 432 g/mol. The molecule has 0 atom stereocenters. The van der Waals surface area contributed by atoms with Gasteiger partial charge in [-0.3, -0.25) is 9.20 Å². The minimum atomic E-state index is -4.46. The van der Waals surface area contributed by atoms with Gasteiger partial charge < -0.3 is 4.90 Å². The summed E-state index contributed by atoms with van der Waals surface area (Å²) >= 11 is 0. The Balaban J connectivity index is 1.70. The van der Waals surface area contributed by atoms with Gasteiger partial charge in [-0.25, -0.2) is 18.7 Å². The van der Waals surface area contributed by atoms with Crippen molar-refractivity contribution in [3.8, 4) is 11.3 Å². The molecule has 10 heteroatoms. The molecule has 0 unspecified atom stereocenters. The van der Waals surface area contributed by atoms with E-state index in [0.29, 0.717) is 23.0 Å². The van der Waals surface area contributed by atoms with Crippen LogP contribution in [0.5, 0.6) is 0 Å². The summed E-state index contributed by atoms with van der Waals surface area (Å²) in [5.74, 6) is -2.36. The molecule has 2 aromatic heterocycles. The van der Waals surface area contributed by atoms with Gasteiger partial charge in [-0.05, 0) is 24.3 Å². The summed E-state index contributed by atoms with van der Waals surface area (Å²) in [5, 5.41) is 0. The molecule has 158 valence electrons. The average Bonchev–Trinajstić information content (AvgIpc) is 3.15. The molecule has 0 radical (unpaired) electrons. The van der Waals surface area contributed by atoms with Crippen LogP contribution in [-0.4, -0.2) is 27.3 Å². The number of carbonyl (C=O) groups excluding carboxylic acids is 1. The van der Waals surface area contributed by atoms with E-state index in [1.165, 1.54) is 42.2 Å². The Morgan fingerprint density at radius 3 is 2.35 bits per heavy atom. The Labute approximate surface area is 172 Å². The molecule has 5 nitrogen and oxygen atoms in total. The topological polar surface area (TPSA) is 50.5 Å². The van der Waals surface area contributed by atoms with Crippen molar-refractivity contribution in [2.24, 2.45) is 0 Å². The number of hydrogen-bond acceptors (Lipinski definition) is 3. The second kappa shape index (κ2) is 7.46. The van der Waals surface area contributed by atoms with Crippen molar-refractivity contribution in [1.82, 2.24) is 14.4 Å². The van der Waals surface area contributed by atoms with Crippen LogP contribution in [0.1, 0.15) is 16.1 Å². The maximum absolute atomic E-state index is 14.0. The van der Waals surface area contributed by atoms with Crippen LogP contribution in [0.3, 0.4) is 0 Å². The lowest BCUT2D eigenvalue weighted by atomic mass is 10.1. The van der Waals surface area contributed by atoms with E-state index in [-0.39, 0.29) is 11.4 Å². The molecule has 0 saturated heterocycles. The summed E-state index contributed by atoms with van der Waals surface area (Å²) in [7, 11) is 1.31. The van der Waals surface area contributed by atoms with E-state index in [1.807, 2.05) is 0 Å². The largest absolute Gasteiger partial charge is 0.416 e. The number of carbonyl (C=O) groups is 1. The number of amides is 1. The van der Waals surface area contributed by atoms with E-state index >= 15 is 0 Å². The zero-order valence-corrected chi connectivity index (χ0v) is 15.9. The first kappa shape index (κ1) is 20.5. The maximum Gasteiger partial charge on any atom is 0.416 e. The summed E-state index contributed by atoms with van der Waals surface area (Å²) in [6.45, 7) is 0. The van der Waals surface area contributed by atoms with E-state index in [2.05, 4.69) is 9.97 Å². The zero-order valence-electron chi connectivity index (χ0n) is 15.9.